The fourth-order valence-corrected chi connectivity index (χ4v) is 2.26. The summed E-state index contributed by atoms with van der Waals surface area (Å²) in [6.07, 6.45) is 1.91. The molecule has 3 rings (SSSR count). The summed E-state index contributed by atoms with van der Waals surface area (Å²) in [5.41, 5.74) is 3.44. The first-order valence-corrected chi connectivity index (χ1v) is 6.22. The molecule has 0 saturated carbocycles. The number of ether oxygens (including phenoxy) is 2. The molecule has 2 heterocycles. The lowest BCUT2D eigenvalue weighted by atomic mass is 10.1. The Morgan fingerprint density at radius 3 is 2.72 bits per heavy atom. The first kappa shape index (κ1) is 11.1. The zero-order valence-corrected chi connectivity index (χ0v) is 10.6. The van der Waals surface area contributed by atoms with Crippen LogP contribution in [0.1, 0.15) is 12.6 Å². The first-order chi connectivity index (χ1) is 8.79. The molecule has 1 aromatic heterocycles. The average Bonchev–Trinajstić information content (AvgIpc) is 2.79. The molecule has 0 bridgehead atoms. The molecule has 94 valence electrons. The molecule has 0 radical (unpaired) electrons. The van der Waals surface area contributed by atoms with Crippen molar-refractivity contribution in [1.82, 2.24) is 9.78 Å². The minimum absolute atomic E-state index is 0.615. The van der Waals surface area contributed by atoms with Gasteiger partial charge in [0.05, 0.1) is 6.20 Å². The number of hydrogen-bond donors (Lipinski definition) is 0. The molecule has 0 N–H and O–H groups in total. The molecule has 2 aromatic rings. The number of fused-ring (bicyclic) bond motifs is 1. The van der Waals surface area contributed by atoms with Crippen LogP contribution in [0.5, 0.6) is 11.5 Å². The molecular formula is C14H16N2O2. The molecule has 4 nitrogen and oxygen atoms in total. The van der Waals surface area contributed by atoms with E-state index in [1.165, 1.54) is 5.69 Å². The van der Waals surface area contributed by atoms with E-state index in [2.05, 4.69) is 25.0 Å². The van der Waals surface area contributed by atoms with Crippen molar-refractivity contribution < 1.29 is 9.47 Å². The summed E-state index contributed by atoms with van der Waals surface area (Å²) in [7, 11) is 0. The van der Waals surface area contributed by atoms with Gasteiger partial charge in [0.25, 0.3) is 0 Å². The molecule has 0 aliphatic carbocycles. The summed E-state index contributed by atoms with van der Waals surface area (Å²) in [5, 5.41) is 4.37. The van der Waals surface area contributed by atoms with Crippen molar-refractivity contribution in [2.45, 2.75) is 20.4 Å². The summed E-state index contributed by atoms with van der Waals surface area (Å²) >= 11 is 0. The molecule has 18 heavy (non-hydrogen) atoms. The van der Waals surface area contributed by atoms with Crippen molar-refractivity contribution in [1.29, 1.82) is 0 Å². The number of benzene rings is 1. The molecular weight excluding hydrogens is 228 g/mol. The molecule has 0 saturated heterocycles. The molecule has 0 unspecified atom stereocenters. The fraction of sp³-hybridized carbons (Fsp3) is 0.357. The van der Waals surface area contributed by atoms with Crippen LogP contribution in [0.4, 0.5) is 0 Å². The van der Waals surface area contributed by atoms with Gasteiger partial charge >= 0.3 is 0 Å². The van der Waals surface area contributed by atoms with E-state index in [4.69, 9.17) is 9.47 Å². The van der Waals surface area contributed by atoms with Crippen LogP contribution in [0.2, 0.25) is 0 Å². The number of hydrogen-bond acceptors (Lipinski definition) is 3. The third-order valence-corrected chi connectivity index (χ3v) is 3.26. The van der Waals surface area contributed by atoms with E-state index in [1.54, 1.807) is 0 Å². The van der Waals surface area contributed by atoms with Gasteiger partial charge in [-0.3, -0.25) is 4.68 Å². The molecule has 0 fully saturated rings. The predicted octanol–water partition coefficient (Wildman–Crippen LogP) is 2.65. The van der Waals surface area contributed by atoms with E-state index in [1.807, 2.05) is 23.0 Å². The quantitative estimate of drug-likeness (QED) is 0.814. The van der Waals surface area contributed by atoms with Crippen LogP contribution in [0.15, 0.2) is 24.4 Å². The van der Waals surface area contributed by atoms with Gasteiger partial charge in [-0.2, -0.15) is 5.10 Å². The minimum atomic E-state index is 0.615. The van der Waals surface area contributed by atoms with Crippen molar-refractivity contribution in [3.8, 4) is 22.6 Å². The Kier molecular flexibility index (Phi) is 2.70. The van der Waals surface area contributed by atoms with Crippen molar-refractivity contribution in [2.24, 2.45) is 0 Å². The van der Waals surface area contributed by atoms with E-state index in [0.717, 1.165) is 29.2 Å². The lowest BCUT2D eigenvalue weighted by molar-refractivity contribution is 0.171. The van der Waals surface area contributed by atoms with Crippen LogP contribution >= 0.6 is 0 Å². The highest BCUT2D eigenvalue weighted by molar-refractivity contribution is 5.68. The van der Waals surface area contributed by atoms with E-state index in [-0.39, 0.29) is 0 Å². The van der Waals surface area contributed by atoms with E-state index >= 15 is 0 Å². The summed E-state index contributed by atoms with van der Waals surface area (Å²) in [6, 6.07) is 6.04. The van der Waals surface area contributed by atoms with Crippen LogP contribution in [-0.4, -0.2) is 23.0 Å². The van der Waals surface area contributed by atoms with Gasteiger partial charge in [-0.25, -0.2) is 0 Å². The van der Waals surface area contributed by atoms with Crippen molar-refractivity contribution in [2.75, 3.05) is 13.2 Å². The lowest BCUT2D eigenvalue weighted by Crippen LogP contribution is -2.15. The summed E-state index contributed by atoms with van der Waals surface area (Å²) in [5.74, 6) is 1.65. The van der Waals surface area contributed by atoms with Crippen LogP contribution in [0.25, 0.3) is 11.1 Å². The molecule has 1 aromatic carbocycles. The Bertz CT molecular complexity index is 575. The first-order valence-electron chi connectivity index (χ1n) is 6.22. The normalized spacial score (nSPS) is 13.7. The molecule has 1 aliphatic rings. The SMILES string of the molecule is CCn1ncc(-c2ccc3c(c2)OCCO3)c1C. The Morgan fingerprint density at radius 1 is 1.22 bits per heavy atom. The van der Waals surface area contributed by atoms with Gasteiger partial charge in [0.15, 0.2) is 11.5 Å². The fourth-order valence-electron chi connectivity index (χ4n) is 2.26. The third kappa shape index (κ3) is 1.74. The summed E-state index contributed by atoms with van der Waals surface area (Å²) < 4.78 is 13.1. The van der Waals surface area contributed by atoms with Crippen molar-refractivity contribution >= 4 is 0 Å². The zero-order valence-electron chi connectivity index (χ0n) is 10.6. The number of aryl methyl sites for hydroxylation is 1. The summed E-state index contributed by atoms with van der Waals surface area (Å²) in [6.45, 7) is 6.30. The van der Waals surface area contributed by atoms with Gasteiger partial charge in [-0.05, 0) is 31.5 Å². The lowest BCUT2D eigenvalue weighted by Gasteiger charge is -2.18. The summed E-state index contributed by atoms with van der Waals surface area (Å²) in [4.78, 5) is 0. The maximum Gasteiger partial charge on any atom is 0.161 e. The Hall–Kier alpha value is -1.97. The van der Waals surface area contributed by atoms with Gasteiger partial charge < -0.3 is 9.47 Å². The molecule has 0 amide bonds. The Labute approximate surface area is 106 Å². The molecule has 4 heteroatoms. The van der Waals surface area contributed by atoms with Gasteiger partial charge in [0.2, 0.25) is 0 Å². The third-order valence-electron chi connectivity index (χ3n) is 3.26. The van der Waals surface area contributed by atoms with Gasteiger partial charge in [-0.15, -0.1) is 0 Å². The second kappa shape index (κ2) is 4.37. The molecule has 0 atom stereocenters. The van der Waals surface area contributed by atoms with Gasteiger partial charge in [0.1, 0.15) is 13.2 Å². The maximum atomic E-state index is 5.61. The Balaban J connectivity index is 2.03. The van der Waals surface area contributed by atoms with Crippen molar-refractivity contribution in [3.05, 3.63) is 30.1 Å². The monoisotopic (exact) mass is 244 g/mol. The van der Waals surface area contributed by atoms with Crippen molar-refractivity contribution in [3.63, 3.8) is 0 Å². The smallest absolute Gasteiger partial charge is 0.161 e. The van der Waals surface area contributed by atoms with Crippen LogP contribution in [0, 0.1) is 6.92 Å². The minimum Gasteiger partial charge on any atom is -0.486 e. The van der Waals surface area contributed by atoms with Crippen LogP contribution in [0.3, 0.4) is 0 Å². The standard InChI is InChI=1S/C14H16N2O2/c1-3-16-10(2)12(9-15-16)11-4-5-13-14(8-11)18-7-6-17-13/h4-5,8-9H,3,6-7H2,1-2H3. The second-order valence-corrected chi connectivity index (χ2v) is 4.32. The highest BCUT2D eigenvalue weighted by atomic mass is 16.6. The van der Waals surface area contributed by atoms with Crippen LogP contribution in [-0.2, 0) is 6.54 Å². The average molecular weight is 244 g/mol. The highest BCUT2D eigenvalue weighted by Gasteiger charge is 2.14. The topological polar surface area (TPSA) is 36.3 Å². The van der Waals surface area contributed by atoms with E-state index in [0.29, 0.717) is 13.2 Å². The van der Waals surface area contributed by atoms with Crippen LogP contribution < -0.4 is 9.47 Å². The second-order valence-electron chi connectivity index (χ2n) is 4.32. The maximum absolute atomic E-state index is 5.61. The molecule has 1 aliphatic heterocycles. The van der Waals surface area contributed by atoms with E-state index in [9.17, 15) is 0 Å². The predicted molar refractivity (Wildman–Crippen MR) is 69.1 cm³/mol. The highest BCUT2D eigenvalue weighted by Crippen LogP contribution is 2.35. The number of aromatic nitrogens is 2. The zero-order chi connectivity index (χ0) is 12.5. The number of rotatable bonds is 2. The number of nitrogens with zero attached hydrogens (tertiary/aromatic N) is 2. The molecule has 0 spiro atoms. The van der Waals surface area contributed by atoms with Gasteiger partial charge in [0, 0.05) is 17.8 Å². The van der Waals surface area contributed by atoms with Gasteiger partial charge in [-0.1, -0.05) is 6.07 Å². The Morgan fingerprint density at radius 2 is 2.00 bits per heavy atom. The van der Waals surface area contributed by atoms with E-state index < -0.39 is 0 Å². The largest absolute Gasteiger partial charge is 0.486 e.